The molecule has 1 N–H and O–H groups in total. The number of nitrogens with zero attached hydrogens (tertiary/aromatic N) is 3. The molecule has 0 fully saturated rings. The van der Waals surface area contributed by atoms with Gasteiger partial charge in [-0.15, -0.1) is 11.3 Å². The zero-order valence-electron chi connectivity index (χ0n) is 18.4. The highest BCUT2D eigenvalue weighted by Crippen LogP contribution is 2.38. The molecule has 5 rings (SSSR count). The number of fused-ring (bicyclic) bond motifs is 1. The molecular formula is C25H18ClFN4O3S. The third-order valence-electron chi connectivity index (χ3n) is 5.36. The fourth-order valence-corrected chi connectivity index (χ4v) is 4.65. The summed E-state index contributed by atoms with van der Waals surface area (Å²) < 4.78 is 19.2. The molecule has 10 heteroatoms. The van der Waals surface area contributed by atoms with Crippen molar-refractivity contribution in [2.75, 3.05) is 16.8 Å². The fourth-order valence-electron chi connectivity index (χ4n) is 3.66. The van der Waals surface area contributed by atoms with Gasteiger partial charge in [0.05, 0.1) is 22.1 Å². The molecule has 0 saturated carbocycles. The number of carbonyl (C=O) groups is 2. The van der Waals surface area contributed by atoms with E-state index in [2.05, 4.69) is 15.3 Å². The number of nitrogens with one attached hydrogen (secondary N) is 1. The normalized spacial score (nSPS) is 14.9. The lowest BCUT2D eigenvalue weighted by Gasteiger charge is -2.32. The van der Waals surface area contributed by atoms with Crippen molar-refractivity contribution < 1.29 is 18.7 Å². The van der Waals surface area contributed by atoms with Crippen LogP contribution in [0, 0.1) is 5.82 Å². The van der Waals surface area contributed by atoms with Crippen LogP contribution in [0.3, 0.4) is 0 Å². The Morgan fingerprint density at radius 1 is 1.20 bits per heavy atom. The van der Waals surface area contributed by atoms with Crippen LogP contribution in [0.4, 0.5) is 15.8 Å². The van der Waals surface area contributed by atoms with Crippen LogP contribution in [-0.4, -0.2) is 34.4 Å². The lowest BCUT2D eigenvalue weighted by molar-refractivity contribution is -0.127. The van der Waals surface area contributed by atoms with Gasteiger partial charge in [0.25, 0.3) is 5.91 Å². The van der Waals surface area contributed by atoms with Gasteiger partial charge in [0.15, 0.2) is 6.10 Å². The van der Waals surface area contributed by atoms with Gasteiger partial charge in [0.1, 0.15) is 23.1 Å². The van der Waals surface area contributed by atoms with Crippen molar-refractivity contribution >= 4 is 46.1 Å². The summed E-state index contributed by atoms with van der Waals surface area (Å²) in [6.45, 7) is 1.37. The van der Waals surface area contributed by atoms with Crippen molar-refractivity contribution in [3.05, 3.63) is 77.0 Å². The molecule has 0 radical (unpaired) electrons. The van der Waals surface area contributed by atoms with Gasteiger partial charge in [-0.1, -0.05) is 17.7 Å². The number of anilines is 2. The summed E-state index contributed by atoms with van der Waals surface area (Å²) in [7, 11) is 0. The van der Waals surface area contributed by atoms with Gasteiger partial charge in [-0.25, -0.2) is 9.37 Å². The van der Waals surface area contributed by atoms with Crippen LogP contribution in [0.15, 0.2) is 66.2 Å². The Morgan fingerprint density at radius 3 is 2.83 bits per heavy atom. The van der Waals surface area contributed by atoms with Crippen LogP contribution < -0.4 is 15.0 Å². The molecule has 2 aromatic carbocycles. The lowest BCUT2D eigenvalue weighted by atomic mass is 10.1. The summed E-state index contributed by atoms with van der Waals surface area (Å²) in [6.07, 6.45) is 0.957. The molecule has 0 bridgehead atoms. The number of hydrogen-bond donors (Lipinski definition) is 1. The van der Waals surface area contributed by atoms with E-state index < -0.39 is 17.8 Å². The Morgan fingerprint density at radius 2 is 2.06 bits per heavy atom. The van der Waals surface area contributed by atoms with Crippen LogP contribution >= 0.6 is 22.9 Å². The Labute approximate surface area is 209 Å². The lowest BCUT2D eigenvalue weighted by Crippen LogP contribution is -2.47. The SMILES string of the molecule is CC1Oc2ccc(-c3csc(-c4ccccn4)n3)cc2N(CC(=O)Nc2ccc(F)c(Cl)c2)C1=O. The third-order valence-corrected chi connectivity index (χ3v) is 6.51. The van der Waals surface area contributed by atoms with E-state index in [1.165, 1.54) is 28.4 Å². The predicted molar refractivity (Wildman–Crippen MR) is 133 cm³/mol. The number of pyridine rings is 1. The average molecular weight is 509 g/mol. The minimum absolute atomic E-state index is 0.109. The molecule has 3 heterocycles. The minimum Gasteiger partial charge on any atom is -0.479 e. The summed E-state index contributed by atoms with van der Waals surface area (Å²) in [5.74, 6) is -0.915. The van der Waals surface area contributed by atoms with Gasteiger partial charge in [-0.2, -0.15) is 0 Å². The molecule has 176 valence electrons. The van der Waals surface area contributed by atoms with E-state index in [0.717, 1.165) is 28.0 Å². The summed E-state index contributed by atoms with van der Waals surface area (Å²) >= 11 is 7.26. The van der Waals surface area contributed by atoms with Crippen LogP contribution in [0.1, 0.15) is 6.92 Å². The highest BCUT2D eigenvalue weighted by molar-refractivity contribution is 7.13. The minimum atomic E-state index is -0.753. The highest BCUT2D eigenvalue weighted by atomic mass is 35.5. The predicted octanol–water partition coefficient (Wildman–Crippen LogP) is 5.42. The van der Waals surface area contributed by atoms with E-state index >= 15 is 0 Å². The Balaban J connectivity index is 1.42. The number of carbonyl (C=O) groups excluding carboxylic acids is 2. The van der Waals surface area contributed by atoms with E-state index in [1.807, 2.05) is 29.6 Å². The first-order valence-corrected chi connectivity index (χ1v) is 11.9. The van der Waals surface area contributed by atoms with E-state index in [1.54, 1.807) is 25.3 Å². The maximum absolute atomic E-state index is 13.4. The number of aromatic nitrogens is 2. The molecule has 4 aromatic rings. The first-order valence-electron chi connectivity index (χ1n) is 10.6. The molecule has 0 saturated heterocycles. The Kier molecular flexibility index (Phi) is 6.19. The molecule has 1 unspecified atom stereocenters. The fraction of sp³-hybridized carbons (Fsp3) is 0.120. The van der Waals surface area contributed by atoms with E-state index in [9.17, 15) is 14.0 Å². The number of thiazole rings is 1. The second kappa shape index (κ2) is 9.44. The van der Waals surface area contributed by atoms with Crippen molar-refractivity contribution in [1.29, 1.82) is 0 Å². The summed E-state index contributed by atoms with van der Waals surface area (Å²) in [5.41, 5.74) is 3.05. The number of rotatable bonds is 5. The zero-order valence-corrected chi connectivity index (χ0v) is 19.9. The third kappa shape index (κ3) is 4.73. The van der Waals surface area contributed by atoms with Crippen LogP contribution in [0.5, 0.6) is 5.75 Å². The van der Waals surface area contributed by atoms with E-state index in [-0.39, 0.29) is 17.5 Å². The molecule has 35 heavy (non-hydrogen) atoms. The van der Waals surface area contributed by atoms with Crippen LogP contribution in [-0.2, 0) is 9.59 Å². The molecule has 2 amide bonds. The maximum Gasteiger partial charge on any atom is 0.268 e. The molecule has 0 spiro atoms. The summed E-state index contributed by atoms with van der Waals surface area (Å²) in [5, 5.41) is 5.22. The number of ether oxygens (including phenoxy) is 1. The number of benzene rings is 2. The quantitative estimate of drug-likeness (QED) is 0.389. The van der Waals surface area contributed by atoms with Gasteiger partial charge in [0, 0.05) is 22.8 Å². The van der Waals surface area contributed by atoms with E-state index in [4.69, 9.17) is 16.3 Å². The van der Waals surface area contributed by atoms with Crippen molar-refractivity contribution in [2.24, 2.45) is 0 Å². The molecule has 1 atom stereocenters. The van der Waals surface area contributed by atoms with Crippen molar-refractivity contribution in [3.63, 3.8) is 0 Å². The standard InChI is InChI=1S/C25H18ClFN4O3S/c1-14-25(33)31(12-23(32)29-16-6-7-18(27)17(26)11-16)21-10-15(5-8-22(21)34-14)20-13-35-24(30-20)19-4-2-3-9-28-19/h2-11,13-14H,12H2,1H3,(H,29,32). The summed E-state index contributed by atoms with van der Waals surface area (Å²) in [6, 6.07) is 14.9. The average Bonchev–Trinajstić information content (AvgIpc) is 3.35. The molecule has 7 nitrogen and oxygen atoms in total. The van der Waals surface area contributed by atoms with Gasteiger partial charge < -0.3 is 10.1 Å². The smallest absolute Gasteiger partial charge is 0.268 e. The number of amides is 2. The molecular weight excluding hydrogens is 491 g/mol. The van der Waals surface area contributed by atoms with Gasteiger partial charge >= 0.3 is 0 Å². The van der Waals surface area contributed by atoms with Crippen molar-refractivity contribution in [1.82, 2.24) is 9.97 Å². The maximum atomic E-state index is 13.4. The highest BCUT2D eigenvalue weighted by Gasteiger charge is 2.33. The monoisotopic (exact) mass is 508 g/mol. The van der Waals surface area contributed by atoms with E-state index in [0.29, 0.717) is 17.1 Å². The second-order valence-corrected chi connectivity index (χ2v) is 9.06. The summed E-state index contributed by atoms with van der Waals surface area (Å²) in [4.78, 5) is 36.1. The van der Waals surface area contributed by atoms with Crippen LogP contribution in [0.2, 0.25) is 5.02 Å². The van der Waals surface area contributed by atoms with Crippen molar-refractivity contribution in [2.45, 2.75) is 13.0 Å². The first kappa shape index (κ1) is 22.9. The zero-order chi connectivity index (χ0) is 24.5. The first-order chi connectivity index (χ1) is 16.9. The number of halogens is 2. The largest absolute Gasteiger partial charge is 0.479 e. The van der Waals surface area contributed by atoms with Gasteiger partial charge in [-0.3, -0.25) is 19.5 Å². The van der Waals surface area contributed by atoms with Crippen molar-refractivity contribution in [3.8, 4) is 27.7 Å². The molecule has 0 aliphatic carbocycles. The van der Waals surface area contributed by atoms with Gasteiger partial charge in [0.2, 0.25) is 5.91 Å². The molecule has 2 aromatic heterocycles. The van der Waals surface area contributed by atoms with Gasteiger partial charge in [-0.05, 0) is 55.5 Å². The second-order valence-electron chi connectivity index (χ2n) is 7.80. The number of hydrogen-bond acceptors (Lipinski definition) is 6. The Bertz CT molecular complexity index is 1430. The molecule has 1 aliphatic rings. The molecule has 1 aliphatic heterocycles. The Hall–Kier alpha value is -3.82. The van der Waals surface area contributed by atoms with Crippen LogP contribution in [0.25, 0.3) is 22.0 Å². The topological polar surface area (TPSA) is 84.4 Å².